The molecule has 3 rings (SSSR count). The maximum atomic E-state index is 12.4. The Morgan fingerprint density at radius 2 is 2.00 bits per heavy atom. The predicted molar refractivity (Wildman–Crippen MR) is 107 cm³/mol. The number of amides is 2. The lowest BCUT2D eigenvalue weighted by Gasteiger charge is -2.17. The summed E-state index contributed by atoms with van der Waals surface area (Å²) in [6, 6.07) is 14.6. The summed E-state index contributed by atoms with van der Waals surface area (Å²) in [7, 11) is 1.57. The van der Waals surface area contributed by atoms with Crippen molar-refractivity contribution in [3.05, 3.63) is 54.1 Å². The van der Waals surface area contributed by atoms with E-state index in [0.29, 0.717) is 18.9 Å². The summed E-state index contributed by atoms with van der Waals surface area (Å²) in [5, 5.41) is 4.00. The molecule has 7 heteroatoms. The van der Waals surface area contributed by atoms with E-state index in [1.165, 1.54) is 6.21 Å². The summed E-state index contributed by atoms with van der Waals surface area (Å²) in [5.41, 5.74) is 4.02. The van der Waals surface area contributed by atoms with Crippen LogP contribution in [0.4, 0.5) is 5.69 Å². The first kappa shape index (κ1) is 19.4. The van der Waals surface area contributed by atoms with Crippen LogP contribution in [0, 0.1) is 5.92 Å². The van der Waals surface area contributed by atoms with Crippen molar-refractivity contribution in [2.45, 2.75) is 13.3 Å². The molecule has 2 amide bonds. The average molecular weight is 381 g/mol. The van der Waals surface area contributed by atoms with Gasteiger partial charge in [-0.15, -0.1) is 0 Å². The van der Waals surface area contributed by atoms with E-state index < -0.39 is 5.92 Å². The Morgan fingerprint density at radius 3 is 2.71 bits per heavy atom. The van der Waals surface area contributed by atoms with Gasteiger partial charge < -0.3 is 14.4 Å². The second-order valence-corrected chi connectivity index (χ2v) is 6.31. The van der Waals surface area contributed by atoms with Gasteiger partial charge >= 0.3 is 0 Å². The van der Waals surface area contributed by atoms with Crippen LogP contribution in [0.25, 0.3) is 0 Å². The second-order valence-electron chi connectivity index (χ2n) is 6.31. The number of carbonyl (C=O) groups excluding carboxylic acids is 2. The van der Waals surface area contributed by atoms with E-state index in [-0.39, 0.29) is 18.2 Å². The Kier molecular flexibility index (Phi) is 6.26. The molecule has 2 aromatic carbocycles. The molecule has 1 aliphatic heterocycles. The SMILES string of the molecule is CCOc1ccc(N2C[C@H](C(=O)N/N=C\c3ccccc3OC)CC2=O)cc1. The molecule has 0 radical (unpaired) electrons. The quantitative estimate of drug-likeness (QED) is 0.591. The molecule has 0 spiro atoms. The van der Waals surface area contributed by atoms with Gasteiger partial charge in [0.25, 0.3) is 0 Å². The van der Waals surface area contributed by atoms with Crippen molar-refractivity contribution >= 4 is 23.7 Å². The molecule has 28 heavy (non-hydrogen) atoms. The van der Waals surface area contributed by atoms with E-state index in [0.717, 1.165) is 17.0 Å². The number of nitrogens with one attached hydrogen (secondary N) is 1. The van der Waals surface area contributed by atoms with Gasteiger partial charge in [0.05, 0.1) is 25.8 Å². The summed E-state index contributed by atoms with van der Waals surface area (Å²) >= 11 is 0. The Bertz CT molecular complexity index is 864. The Hall–Kier alpha value is -3.35. The van der Waals surface area contributed by atoms with Gasteiger partial charge in [-0.2, -0.15) is 5.10 Å². The summed E-state index contributed by atoms with van der Waals surface area (Å²) in [6.07, 6.45) is 1.68. The average Bonchev–Trinajstić information content (AvgIpc) is 3.11. The number of carbonyl (C=O) groups is 2. The zero-order valence-corrected chi connectivity index (χ0v) is 15.9. The minimum Gasteiger partial charge on any atom is -0.496 e. The standard InChI is InChI=1S/C21H23N3O4/c1-3-28-18-10-8-17(9-11-18)24-14-16(12-20(24)25)21(26)23-22-13-15-6-4-5-7-19(15)27-2/h4-11,13,16H,3,12,14H2,1-2H3,(H,23,26)/b22-13-/t16-/m1/s1. The first-order valence-corrected chi connectivity index (χ1v) is 9.11. The van der Waals surface area contributed by atoms with Crippen LogP contribution in [0.2, 0.25) is 0 Å². The van der Waals surface area contributed by atoms with Gasteiger partial charge in [-0.05, 0) is 43.3 Å². The lowest BCUT2D eigenvalue weighted by molar-refractivity contribution is -0.126. The molecule has 1 fully saturated rings. The van der Waals surface area contributed by atoms with Crippen molar-refractivity contribution in [3.8, 4) is 11.5 Å². The monoisotopic (exact) mass is 381 g/mol. The van der Waals surface area contributed by atoms with Crippen molar-refractivity contribution in [1.29, 1.82) is 0 Å². The Labute approximate surface area is 163 Å². The number of hydrogen-bond donors (Lipinski definition) is 1. The van der Waals surface area contributed by atoms with E-state index in [4.69, 9.17) is 9.47 Å². The number of hydrogen-bond acceptors (Lipinski definition) is 5. The van der Waals surface area contributed by atoms with Gasteiger partial charge in [-0.3, -0.25) is 9.59 Å². The van der Waals surface area contributed by atoms with Crippen LogP contribution in [0.1, 0.15) is 18.9 Å². The number of nitrogens with zero attached hydrogens (tertiary/aromatic N) is 2. The minimum absolute atomic E-state index is 0.0852. The molecule has 0 aliphatic carbocycles. The van der Waals surface area contributed by atoms with Crippen molar-refractivity contribution in [3.63, 3.8) is 0 Å². The molecule has 0 aromatic heterocycles. The normalized spacial score (nSPS) is 16.4. The lowest BCUT2D eigenvalue weighted by atomic mass is 10.1. The molecule has 1 atom stereocenters. The van der Waals surface area contributed by atoms with Gasteiger partial charge in [-0.25, -0.2) is 5.43 Å². The minimum atomic E-state index is -0.450. The van der Waals surface area contributed by atoms with E-state index in [1.54, 1.807) is 12.0 Å². The third kappa shape index (κ3) is 4.49. The largest absolute Gasteiger partial charge is 0.496 e. The number of rotatable bonds is 7. The summed E-state index contributed by atoms with van der Waals surface area (Å²) in [6.45, 7) is 2.82. The molecule has 1 heterocycles. The molecule has 0 unspecified atom stereocenters. The van der Waals surface area contributed by atoms with Crippen LogP contribution in [0.15, 0.2) is 53.6 Å². The van der Waals surface area contributed by atoms with E-state index in [1.807, 2.05) is 55.5 Å². The Balaban J connectivity index is 1.59. The molecular formula is C21H23N3O4. The first-order chi connectivity index (χ1) is 13.6. The van der Waals surface area contributed by atoms with E-state index in [2.05, 4.69) is 10.5 Å². The maximum absolute atomic E-state index is 12.4. The molecule has 1 N–H and O–H groups in total. The van der Waals surface area contributed by atoms with Crippen LogP contribution < -0.4 is 19.8 Å². The number of anilines is 1. The highest BCUT2D eigenvalue weighted by atomic mass is 16.5. The number of ether oxygens (including phenoxy) is 2. The van der Waals surface area contributed by atoms with Crippen molar-refractivity contribution in [2.75, 3.05) is 25.2 Å². The smallest absolute Gasteiger partial charge is 0.245 e. The summed E-state index contributed by atoms with van der Waals surface area (Å²) in [5.74, 6) is 0.593. The zero-order valence-electron chi connectivity index (χ0n) is 15.9. The fourth-order valence-electron chi connectivity index (χ4n) is 3.05. The van der Waals surface area contributed by atoms with Crippen molar-refractivity contribution in [1.82, 2.24) is 5.43 Å². The van der Waals surface area contributed by atoms with Crippen molar-refractivity contribution < 1.29 is 19.1 Å². The molecule has 146 valence electrons. The zero-order chi connectivity index (χ0) is 19.9. The summed E-state index contributed by atoms with van der Waals surface area (Å²) < 4.78 is 10.7. The number of para-hydroxylation sites is 1. The van der Waals surface area contributed by atoms with Crippen LogP contribution >= 0.6 is 0 Å². The molecule has 0 saturated carbocycles. The van der Waals surface area contributed by atoms with Crippen LogP contribution in [-0.4, -0.2) is 38.3 Å². The third-order valence-corrected chi connectivity index (χ3v) is 4.47. The number of hydrazone groups is 1. The topological polar surface area (TPSA) is 80.2 Å². The number of benzene rings is 2. The maximum Gasteiger partial charge on any atom is 0.245 e. The molecule has 1 saturated heterocycles. The van der Waals surface area contributed by atoms with Gasteiger partial charge in [0.1, 0.15) is 11.5 Å². The van der Waals surface area contributed by atoms with Gasteiger partial charge in [-0.1, -0.05) is 12.1 Å². The molecule has 0 bridgehead atoms. The fraction of sp³-hybridized carbons (Fsp3) is 0.286. The Morgan fingerprint density at radius 1 is 1.25 bits per heavy atom. The van der Waals surface area contributed by atoms with Gasteiger partial charge in [0.15, 0.2) is 0 Å². The predicted octanol–water partition coefficient (Wildman–Crippen LogP) is 2.60. The number of methoxy groups -OCH3 is 1. The van der Waals surface area contributed by atoms with Crippen LogP contribution in [0.5, 0.6) is 11.5 Å². The highest BCUT2D eigenvalue weighted by Gasteiger charge is 2.35. The van der Waals surface area contributed by atoms with Crippen LogP contribution in [0.3, 0.4) is 0 Å². The molecule has 7 nitrogen and oxygen atoms in total. The molecular weight excluding hydrogens is 358 g/mol. The molecule has 1 aliphatic rings. The summed E-state index contributed by atoms with van der Waals surface area (Å²) in [4.78, 5) is 26.4. The third-order valence-electron chi connectivity index (χ3n) is 4.47. The van der Waals surface area contributed by atoms with Gasteiger partial charge in [0.2, 0.25) is 11.8 Å². The lowest BCUT2D eigenvalue weighted by Crippen LogP contribution is -2.30. The van der Waals surface area contributed by atoms with Crippen LogP contribution in [-0.2, 0) is 9.59 Å². The van der Waals surface area contributed by atoms with Gasteiger partial charge in [0, 0.05) is 24.2 Å². The highest BCUT2D eigenvalue weighted by molar-refractivity contribution is 6.00. The van der Waals surface area contributed by atoms with Crippen molar-refractivity contribution in [2.24, 2.45) is 11.0 Å². The molecule has 2 aromatic rings. The second kappa shape index (κ2) is 9.03. The highest BCUT2D eigenvalue weighted by Crippen LogP contribution is 2.27. The van der Waals surface area contributed by atoms with E-state index >= 15 is 0 Å². The first-order valence-electron chi connectivity index (χ1n) is 9.11. The fourth-order valence-corrected chi connectivity index (χ4v) is 3.05. The van der Waals surface area contributed by atoms with E-state index in [9.17, 15) is 9.59 Å².